The van der Waals surface area contributed by atoms with Crippen molar-refractivity contribution in [2.75, 3.05) is 18.8 Å². The Kier molecular flexibility index (Phi) is 3.74. The van der Waals surface area contributed by atoms with Crippen LogP contribution in [0.4, 0.5) is 4.79 Å². The highest BCUT2D eigenvalue weighted by Crippen LogP contribution is 2.34. The highest BCUT2D eigenvalue weighted by atomic mass is 32.1. The molecule has 0 saturated carbocycles. The molecule has 1 fully saturated rings. The van der Waals surface area contributed by atoms with Crippen molar-refractivity contribution < 1.29 is 9.53 Å². The fourth-order valence-corrected chi connectivity index (χ4v) is 2.07. The Hall–Kier alpha value is -0.890. The normalized spacial score (nSPS) is 18.6. The number of rotatable bonds is 2. The van der Waals surface area contributed by atoms with Crippen molar-refractivity contribution in [3.63, 3.8) is 0 Å². The maximum atomic E-state index is 11.6. The Morgan fingerprint density at radius 1 is 1.56 bits per heavy atom. The first-order valence-corrected chi connectivity index (χ1v) is 5.95. The monoisotopic (exact) mass is 242 g/mol. The van der Waals surface area contributed by atoms with Crippen LogP contribution in [-0.2, 0) is 4.74 Å². The maximum absolute atomic E-state index is 11.6. The van der Waals surface area contributed by atoms with E-state index in [9.17, 15) is 4.79 Å². The lowest BCUT2D eigenvalue weighted by Gasteiger charge is -2.45. The minimum absolute atomic E-state index is 0.336. The molecule has 0 atom stereocenters. The van der Waals surface area contributed by atoms with Gasteiger partial charge in [0.15, 0.2) is 0 Å². The van der Waals surface area contributed by atoms with Crippen LogP contribution in [0.25, 0.3) is 0 Å². The summed E-state index contributed by atoms with van der Waals surface area (Å²) < 4.78 is 5.22. The molecule has 0 aromatic heterocycles. The lowest BCUT2D eigenvalue weighted by Crippen LogP contribution is -2.58. The van der Waals surface area contributed by atoms with Crippen molar-refractivity contribution >= 4 is 18.7 Å². The summed E-state index contributed by atoms with van der Waals surface area (Å²) in [5.74, 6) is 0.662. The number of carbonyl (C=O) groups excluding carboxylic acids is 1. The first-order valence-electron chi connectivity index (χ1n) is 5.32. The highest BCUT2D eigenvalue weighted by molar-refractivity contribution is 7.80. The largest absolute Gasteiger partial charge is 0.444 e. The lowest BCUT2D eigenvalue weighted by atomic mass is 9.79. The molecule has 1 rings (SSSR count). The second-order valence-corrected chi connectivity index (χ2v) is 5.65. The van der Waals surface area contributed by atoms with E-state index >= 15 is 0 Å². The van der Waals surface area contributed by atoms with E-state index in [0.29, 0.717) is 25.3 Å². The van der Waals surface area contributed by atoms with Gasteiger partial charge in [0.05, 0.1) is 11.5 Å². The lowest BCUT2D eigenvalue weighted by molar-refractivity contribution is -0.0168. The summed E-state index contributed by atoms with van der Waals surface area (Å²) in [6.07, 6.45) is 0.379. The number of hydrogen-bond donors (Lipinski definition) is 1. The number of likely N-dealkylation sites (tertiary alicyclic amines) is 1. The van der Waals surface area contributed by atoms with Gasteiger partial charge >= 0.3 is 6.09 Å². The molecule has 90 valence electrons. The summed E-state index contributed by atoms with van der Waals surface area (Å²) in [6, 6.07) is 2.27. The molecule has 0 radical (unpaired) electrons. The van der Waals surface area contributed by atoms with Crippen LogP contribution >= 0.6 is 12.6 Å². The van der Waals surface area contributed by atoms with Crippen molar-refractivity contribution in [1.82, 2.24) is 4.90 Å². The molecule has 4 nitrogen and oxygen atoms in total. The summed E-state index contributed by atoms with van der Waals surface area (Å²) in [4.78, 5) is 13.2. The fourth-order valence-electron chi connectivity index (χ4n) is 1.64. The molecule has 1 saturated heterocycles. The quantitative estimate of drug-likeness (QED) is 0.754. The number of carbonyl (C=O) groups is 1. The number of thiol groups is 1. The molecule has 0 bridgehead atoms. The Balaban J connectivity index is 2.46. The van der Waals surface area contributed by atoms with Gasteiger partial charge in [-0.05, 0) is 32.9 Å². The van der Waals surface area contributed by atoms with Crippen LogP contribution in [0.5, 0.6) is 0 Å². The zero-order chi connectivity index (χ0) is 12.4. The molecule has 0 aliphatic carbocycles. The molecule has 16 heavy (non-hydrogen) atoms. The summed E-state index contributed by atoms with van der Waals surface area (Å²) in [5.41, 5.74) is -0.885. The van der Waals surface area contributed by atoms with Gasteiger partial charge in [0.2, 0.25) is 0 Å². The first-order chi connectivity index (χ1) is 7.32. The number of nitriles is 1. The zero-order valence-electron chi connectivity index (χ0n) is 9.99. The number of hydrogen-bond acceptors (Lipinski definition) is 4. The Bertz CT molecular complexity index is 311. The van der Waals surface area contributed by atoms with Gasteiger partial charge in [-0.2, -0.15) is 17.9 Å². The summed E-state index contributed by atoms with van der Waals surface area (Å²) in [6.45, 7) is 6.40. The van der Waals surface area contributed by atoms with Gasteiger partial charge in [-0.3, -0.25) is 0 Å². The number of amides is 1. The Labute approximate surface area is 102 Å². The molecule has 1 amide bonds. The van der Waals surface area contributed by atoms with Gasteiger partial charge in [0.1, 0.15) is 5.60 Å². The van der Waals surface area contributed by atoms with Crippen LogP contribution in [0.15, 0.2) is 0 Å². The van der Waals surface area contributed by atoms with E-state index in [0.717, 1.165) is 0 Å². The third kappa shape index (κ3) is 3.05. The third-order valence-corrected chi connectivity index (χ3v) is 2.69. The molecular weight excluding hydrogens is 224 g/mol. The second-order valence-electron chi connectivity index (χ2n) is 5.20. The summed E-state index contributed by atoms with van der Waals surface area (Å²) in [5, 5.41) is 9.04. The summed E-state index contributed by atoms with van der Waals surface area (Å²) >= 11 is 4.12. The van der Waals surface area contributed by atoms with Crippen LogP contribution in [-0.4, -0.2) is 35.4 Å². The van der Waals surface area contributed by atoms with Crippen molar-refractivity contribution in [3.05, 3.63) is 0 Å². The smallest absolute Gasteiger partial charge is 0.410 e. The summed E-state index contributed by atoms with van der Waals surface area (Å²) in [7, 11) is 0. The fraction of sp³-hybridized carbons (Fsp3) is 0.818. The maximum Gasteiger partial charge on any atom is 0.410 e. The molecule has 1 aliphatic rings. The standard InChI is InChI=1S/C11H18N2O2S/c1-10(2,3)15-9(14)13-7-11(6-12,8-13)4-5-16/h16H,4-5,7-8H2,1-3H3. The van der Waals surface area contributed by atoms with E-state index in [4.69, 9.17) is 10.00 Å². The van der Waals surface area contributed by atoms with Gasteiger partial charge in [-0.25, -0.2) is 4.79 Å². The molecule has 1 heterocycles. The van der Waals surface area contributed by atoms with Gasteiger partial charge in [-0.15, -0.1) is 0 Å². The average Bonchev–Trinajstić information content (AvgIpc) is 2.07. The molecule has 0 aromatic carbocycles. The van der Waals surface area contributed by atoms with Crippen LogP contribution in [0.2, 0.25) is 0 Å². The highest BCUT2D eigenvalue weighted by Gasteiger charge is 2.46. The predicted molar refractivity (Wildman–Crippen MR) is 64.3 cm³/mol. The minimum Gasteiger partial charge on any atom is -0.444 e. The number of ether oxygens (including phenoxy) is 1. The van der Waals surface area contributed by atoms with E-state index in [-0.39, 0.29) is 6.09 Å². The SMILES string of the molecule is CC(C)(C)OC(=O)N1CC(C#N)(CCS)C1. The van der Waals surface area contributed by atoms with E-state index in [1.807, 2.05) is 20.8 Å². The van der Waals surface area contributed by atoms with E-state index < -0.39 is 11.0 Å². The van der Waals surface area contributed by atoms with E-state index in [1.54, 1.807) is 4.90 Å². The van der Waals surface area contributed by atoms with Crippen LogP contribution < -0.4 is 0 Å². The van der Waals surface area contributed by atoms with Gasteiger partial charge in [0.25, 0.3) is 0 Å². The first kappa shape index (κ1) is 13.2. The second kappa shape index (κ2) is 4.54. The van der Waals surface area contributed by atoms with Crippen molar-refractivity contribution in [2.24, 2.45) is 5.41 Å². The molecule has 5 heteroatoms. The van der Waals surface area contributed by atoms with Crippen LogP contribution in [0.1, 0.15) is 27.2 Å². The Morgan fingerprint density at radius 2 is 2.12 bits per heavy atom. The molecule has 0 N–H and O–H groups in total. The van der Waals surface area contributed by atoms with Gasteiger partial charge in [0, 0.05) is 13.1 Å². The molecule has 0 spiro atoms. The van der Waals surface area contributed by atoms with E-state index in [2.05, 4.69) is 18.7 Å². The predicted octanol–water partition coefficient (Wildman–Crippen LogP) is 2.07. The molecular formula is C11H18N2O2S. The van der Waals surface area contributed by atoms with Crippen molar-refractivity contribution in [2.45, 2.75) is 32.8 Å². The average molecular weight is 242 g/mol. The van der Waals surface area contributed by atoms with Gasteiger partial charge in [-0.1, -0.05) is 0 Å². The molecule has 0 unspecified atom stereocenters. The Morgan fingerprint density at radius 3 is 2.50 bits per heavy atom. The van der Waals surface area contributed by atoms with Gasteiger partial charge < -0.3 is 9.64 Å². The van der Waals surface area contributed by atoms with Crippen molar-refractivity contribution in [3.8, 4) is 6.07 Å². The zero-order valence-corrected chi connectivity index (χ0v) is 10.9. The van der Waals surface area contributed by atoms with Crippen LogP contribution in [0.3, 0.4) is 0 Å². The third-order valence-electron chi connectivity index (χ3n) is 2.47. The molecule has 0 aromatic rings. The minimum atomic E-state index is -0.481. The van der Waals surface area contributed by atoms with Crippen molar-refractivity contribution in [1.29, 1.82) is 5.26 Å². The number of nitrogens with zero attached hydrogens (tertiary/aromatic N) is 2. The van der Waals surface area contributed by atoms with E-state index in [1.165, 1.54) is 0 Å². The molecule has 1 aliphatic heterocycles. The topological polar surface area (TPSA) is 53.3 Å². The van der Waals surface area contributed by atoms with Crippen LogP contribution in [0, 0.1) is 16.7 Å².